The van der Waals surface area contributed by atoms with Crippen LogP contribution >= 0.6 is 31.9 Å². The number of carbonyl (C=O) groups is 1. The molecule has 2 heterocycles. The summed E-state index contributed by atoms with van der Waals surface area (Å²) in [5, 5.41) is 0. The second-order valence-electron chi connectivity index (χ2n) is 2.66. The molecule has 11 heavy (non-hydrogen) atoms. The van der Waals surface area contributed by atoms with Crippen LogP contribution in [0.2, 0.25) is 0 Å². The van der Waals surface area contributed by atoms with Gasteiger partial charge in [-0.15, -0.1) is 0 Å². The maximum absolute atomic E-state index is 11.4. The molecule has 0 N–H and O–H groups in total. The van der Waals surface area contributed by atoms with Gasteiger partial charge in [0, 0.05) is 0 Å². The van der Waals surface area contributed by atoms with Crippen molar-refractivity contribution in [2.75, 3.05) is 0 Å². The summed E-state index contributed by atoms with van der Waals surface area (Å²) < 4.78 is 5.47. The molecule has 0 amide bonds. The molecule has 2 nitrogen and oxygen atoms in total. The number of hydrogen-bond donors (Lipinski definition) is 0. The zero-order valence-electron chi connectivity index (χ0n) is 5.54. The third-order valence-electron chi connectivity index (χ3n) is 1.93. The van der Waals surface area contributed by atoms with Crippen LogP contribution in [0.3, 0.4) is 0 Å². The average molecular weight is 282 g/mol. The number of ether oxygens (including phenoxy) is 1. The summed E-state index contributed by atoms with van der Waals surface area (Å²) in [6.07, 6.45) is 3.76. The van der Waals surface area contributed by atoms with E-state index in [1.165, 1.54) is 0 Å². The lowest BCUT2D eigenvalue weighted by atomic mass is 10.1. The normalized spacial score (nSPS) is 48.4. The largest absolute Gasteiger partial charge is 0.364 e. The van der Waals surface area contributed by atoms with Gasteiger partial charge < -0.3 is 4.74 Å². The summed E-state index contributed by atoms with van der Waals surface area (Å²) in [6, 6.07) is 0. The molecule has 0 aromatic carbocycles. The molecule has 2 aliphatic rings. The topological polar surface area (TPSA) is 26.3 Å². The van der Waals surface area contributed by atoms with Crippen molar-refractivity contribution >= 4 is 37.6 Å². The minimum absolute atomic E-state index is 0.0544. The highest BCUT2D eigenvalue weighted by Gasteiger charge is 2.43. The van der Waals surface area contributed by atoms with Gasteiger partial charge in [0.25, 0.3) is 0 Å². The lowest BCUT2D eigenvalue weighted by Gasteiger charge is -2.28. The Hall–Kier alpha value is 0.330. The van der Waals surface area contributed by atoms with E-state index < -0.39 is 0 Å². The highest BCUT2D eigenvalue weighted by molar-refractivity contribution is 9.10. The molecule has 2 bridgehead atoms. The fourth-order valence-corrected chi connectivity index (χ4v) is 2.83. The molecule has 60 valence electrons. The standard InChI is InChI=1S/C7H6Br2O2/c8-5-3-1-2-4(11-3)6(9)7(5)10/h1-6H/t3-,4+,5?,6?. The quantitative estimate of drug-likeness (QED) is 0.496. The Labute approximate surface area is 81.2 Å². The van der Waals surface area contributed by atoms with Crippen LogP contribution in [-0.4, -0.2) is 27.6 Å². The summed E-state index contributed by atoms with van der Waals surface area (Å²) in [6.45, 7) is 0. The molecule has 2 aliphatic heterocycles. The maximum Gasteiger partial charge on any atom is 0.165 e. The lowest BCUT2D eigenvalue weighted by molar-refractivity contribution is -0.125. The molecule has 0 spiro atoms. The van der Waals surface area contributed by atoms with Gasteiger partial charge in [-0.25, -0.2) is 0 Å². The van der Waals surface area contributed by atoms with E-state index in [-0.39, 0.29) is 27.6 Å². The molecule has 2 rings (SSSR count). The monoisotopic (exact) mass is 280 g/mol. The van der Waals surface area contributed by atoms with Crippen molar-refractivity contribution < 1.29 is 9.53 Å². The third kappa shape index (κ3) is 1.12. The summed E-state index contributed by atoms with van der Waals surface area (Å²) in [5.41, 5.74) is 0. The molecular formula is C7H6Br2O2. The molecule has 4 heteroatoms. The van der Waals surface area contributed by atoms with E-state index in [4.69, 9.17) is 4.74 Å². The molecule has 0 saturated carbocycles. The first-order valence-electron chi connectivity index (χ1n) is 3.36. The number of halogens is 2. The number of hydrogen-bond acceptors (Lipinski definition) is 2. The number of carbonyl (C=O) groups excluding carboxylic acids is 1. The second kappa shape index (κ2) is 2.68. The van der Waals surface area contributed by atoms with E-state index in [9.17, 15) is 4.79 Å². The number of alkyl halides is 2. The van der Waals surface area contributed by atoms with Crippen LogP contribution in [0, 0.1) is 0 Å². The molecule has 0 radical (unpaired) electrons. The predicted octanol–water partition coefficient (Wildman–Crippen LogP) is 1.42. The summed E-state index contributed by atoms with van der Waals surface area (Å²) >= 11 is 6.58. The zero-order chi connectivity index (χ0) is 8.01. The van der Waals surface area contributed by atoms with Gasteiger partial charge in [0.05, 0.1) is 12.2 Å². The minimum Gasteiger partial charge on any atom is -0.364 e. The van der Waals surface area contributed by atoms with E-state index in [2.05, 4.69) is 31.9 Å². The van der Waals surface area contributed by atoms with E-state index in [0.717, 1.165) is 0 Å². The second-order valence-corrected chi connectivity index (χ2v) is 4.63. The van der Waals surface area contributed by atoms with Gasteiger partial charge in [0.15, 0.2) is 5.78 Å². The minimum atomic E-state index is -0.179. The molecule has 4 atom stereocenters. The van der Waals surface area contributed by atoms with Gasteiger partial charge in [0.2, 0.25) is 0 Å². The zero-order valence-corrected chi connectivity index (χ0v) is 8.71. The third-order valence-corrected chi connectivity index (χ3v) is 3.87. The van der Waals surface area contributed by atoms with Crippen LogP contribution in [0.4, 0.5) is 0 Å². The fourth-order valence-electron chi connectivity index (χ4n) is 1.30. The molecule has 0 aliphatic carbocycles. The van der Waals surface area contributed by atoms with Gasteiger partial charge in [-0.2, -0.15) is 0 Å². The van der Waals surface area contributed by atoms with Gasteiger partial charge in [0.1, 0.15) is 9.65 Å². The Morgan fingerprint density at radius 1 is 1.18 bits per heavy atom. The van der Waals surface area contributed by atoms with E-state index in [1.807, 2.05) is 12.2 Å². The highest BCUT2D eigenvalue weighted by atomic mass is 79.9. The summed E-state index contributed by atoms with van der Waals surface area (Å²) in [4.78, 5) is 11.0. The van der Waals surface area contributed by atoms with Gasteiger partial charge in [-0.05, 0) is 0 Å². The van der Waals surface area contributed by atoms with Crippen LogP contribution in [0.15, 0.2) is 12.2 Å². The Kier molecular flexibility index (Phi) is 1.93. The molecule has 0 aromatic rings. The average Bonchev–Trinajstić information content (AvgIpc) is 2.44. The highest BCUT2D eigenvalue weighted by Crippen LogP contribution is 2.32. The fraction of sp³-hybridized carbons (Fsp3) is 0.571. The van der Waals surface area contributed by atoms with E-state index in [1.54, 1.807) is 0 Å². The van der Waals surface area contributed by atoms with Gasteiger partial charge in [-0.1, -0.05) is 44.0 Å². The SMILES string of the molecule is O=C1C(Br)[C@@H]2C=C[C@@H](O2)C1Br. The van der Waals surface area contributed by atoms with Crippen molar-refractivity contribution in [3.63, 3.8) is 0 Å². The first-order chi connectivity index (χ1) is 5.20. The van der Waals surface area contributed by atoms with Crippen molar-refractivity contribution in [3.8, 4) is 0 Å². The van der Waals surface area contributed by atoms with Crippen molar-refractivity contribution in [2.24, 2.45) is 0 Å². The Bertz CT molecular complexity index is 206. The van der Waals surface area contributed by atoms with Crippen LogP contribution in [0.25, 0.3) is 0 Å². The maximum atomic E-state index is 11.4. The van der Waals surface area contributed by atoms with Gasteiger partial charge >= 0.3 is 0 Å². The molecule has 1 saturated heterocycles. The Balaban J connectivity index is 2.29. The molecular weight excluding hydrogens is 276 g/mol. The van der Waals surface area contributed by atoms with E-state index >= 15 is 0 Å². The van der Waals surface area contributed by atoms with Crippen molar-refractivity contribution in [1.82, 2.24) is 0 Å². The first kappa shape index (κ1) is 7.95. The van der Waals surface area contributed by atoms with Crippen molar-refractivity contribution in [2.45, 2.75) is 21.9 Å². The van der Waals surface area contributed by atoms with Crippen LogP contribution in [-0.2, 0) is 9.53 Å². The number of fused-ring (bicyclic) bond motifs is 2. The van der Waals surface area contributed by atoms with Crippen LogP contribution in [0.5, 0.6) is 0 Å². The Morgan fingerprint density at radius 3 is 2.09 bits per heavy atom. The number of Topliss-reactive ketones (excluding diaryl/α,β-unsaturated/α-hetero) is 1. The van der Waals surface area contributed by atoms with Crippen molar-refractivity contribution in [3.05, 3.63) is 12.2 Å². The van der Waals surface area contributed by atoms with Gasteiger partial charge in [-0.3, -0.25) is 4.79 Å². The number of ketones is 1. The molecule has 0 aromatic heterocycles. The smallest absolute Gasteiger partial charge is 0.165 e. The first-order valence-corrected chi connectivity index (χ1v) is 5.19. The van der Waals surface area contributed by atoms with E-state index in [0.29, 0.717) is 0 Å². The van der Waals surface area contributed by atoms with Crippen LogP contribution < -0.4 is 0 Å². The molecule has 2 unspecified atom stereocenters. The summed E-state index contributed by atoms with van der Waals surface area (Å²) in [5.74, 6) is 0.177. The lowest BCUT2D eigenvalue weighted by Crippen LogP contribution is -2.44. The summed E-state index contributed by atoms with van der Waals surface area (Å²) in [7, 11) is 0. The number of rotatable bonds is 0. The Morgan fingerprint density at radius 2 is 1.64 bits per heavy atom. The molecule has 1 fully saturated rings. The van der Waals surface area contributed by atoms with Crippen LogP contribution in [0.1, 0.15) is 0 Å². The predicted molar refractivity (Wildman–Crippen MR) is 48.2 cm³/mol. The van der Waals surface area contributed by atoms with Crippen molar-refractivity contribution in [1.29, 1.82) is 0 Å².